The third kappa shape index (κ3) is 6.96. The first kappa shape index (κ1) is 26.0. The molecule has 1 aliphatic rings. The van der Waals surface area contributed by atoms with Crippen LogP contribution in [0.5, 0.6) is 0 Å². The molecule has 3 rings (SSSR count). The van der Waals surface area contributed by atoms with Crippen LogP contribution in [0.4, 0.5) is 0 Å². The average molecular weight is 475 g/mol. The highest BCUT2D eigenvalue weighted by atomic mass is 28.4. The van der Waals surface area contributed by atoms with Gasteiger partial charge in [-0.05, 0) is 29.3 Å². The third-order valence-corrected chi connectivity index (χ3v) is 11.1. The van der Waals surface area contributed by atoms with Crippen LogP contribution < -0.4 is 0 Å². The lowest BCUT2D eigenvalue weighted by molar-refractivity contribution is -0.304. The summed E-state index contributed by atoms with van der Waals surface area (Å²) in [6.45, 7) is 11.7. The van der Waals surface area contributed by atoms with Crippen LogP contribution in [-0.2, 0) is 31.9 Å². The Morgan fingerprint density at radius 2 is 1.30 bits per heavy atom. The first-order valence-corrected chi connectivity index (χ1v) is 14.5. The SMILES string of the molecule is CC(C)(C)[Si](C)(C)OC[C@H]1OC(O)[C@H](O)[C@@H](OCc2ccccc2)[C@H]1OCc1ccccc1. The lowest BCUT2D eigenvalue weighted by atomic mass is 9.98. The molecule has 1 fully saturated rings. The van der Waals surface area contributed by atoms with Crippen molar-refractivity contribution in [3.8, 4) is 0 Å². The quantitative estimate of drug-likeness (QED) is 0.529. The van der Waals surface area contributed by atoms with Gasteiger partial charge in [0.15, 0.2) is 14.6 Å². The van der Waals surface area contributed by atoms with Crippen molar-refractivity contribution >= 4 is 8.32 Å². The molecule has 6 nitrogen and oxygen atoms in total. The van der Waals surface area contributed by atoms with Crippen LogP contribution in [-0.4, -0.2) is 55.8 Å². The summed E-state index contributed by atoms with van der Waals surface area (Å²) >= 11 is 0. The molecule has 0 spiro atoms. The summed E-state index contributed by atoms with van der Waals surface area (Å²) in [5, 5.41) is 21.2. The zero-order valence-electron chi connectivity index (χ0n) is 20.3. The van der Waals surface area contributed by atoms with Crippen molar-refractivity contribution in [1.82, 2.24) is 0 Å². The van der Waals surface area contributed by atoms with Gasteiger partial charge in [0.05, 0.1) is 19.8 Å². The van der Waals surface area contributed by atoms with E-state index in [0.29, 0.717) is 6.61 Å². The molecule has 0 saturated carbocycles. The molecule has 2 aromatic carbocycles. The molecule has 5 atom stereocenters. The van der Waals surface area contributed by atoms with Crippen LogP contribution in [0.1, 0.15) is 31.9 Å². The number of ether oxygens (including phenoxy) is 3. The minimum absolute atomic E-state index is 0.0312. The minimum atomic E-state index is -2.06. The Bertz CT molecular complexity index is 839. The summed E-state index contributed by atoms with van der Waals surface area (Å²) in [6.07, 6.45) is -4.58. The van der Waals surface area contributed by atoms with E-state index in [1.807, 2.05) is 60.7 Å². The molecule has 0 aromatic heterocycles. The molecule has 2 N–H and O–H groups in total. The largest absolute Gasteiger partial charge is 0.414 e. The maximum atomic E-state index is 10.7. The van der Waals surface area contributed by atoms with E-state index >= 15 is 0 Å². The molecule has 0 aliphatic carbocycles. The topological polar surface area (TPSA) is 77.4 Å². The second-order valence-corrected chi connectivity index (χ2v) is 15.0. The Labute approximate surface area is 198 Å². The van der Waals surface area contributed by atoms with Crippen LogP contribution in [0.2, 0.25) is 18.1 Å². The molecule has 1 saturated heterocycles. The predicted octanol–water partition coefficient (Wildman–Crippen LogP) is 4.26. The van der Waals surface area contributed by atoms with E-state index in [1.165, 1.54) is 0 Å². The maximum absolute atomic E-state index is 10.7. The van der Waals surface area contributed by atoms with Crippen molar-refractivity contribution < 1.29 is 28.8 Å². The highest BCUT2D eigenvalue weighted by molar-refractivity contribution is 6.74. The summed E-state index contributed by atoms with van der Waals surface area (Å²) in [7, 11) is -2.06. The van der Waals surface area contributed by atoms with Gasteiger partial charge in [-0.15, -0.1) is 0 Å². The molecular weight excluding hydrogens is 436 g/mol. The molecule has 1 aliphatic heterocycles. The van der Waals surface area contributed by atoms with E-state index in [4.69, 9.17) is 18.6 Å². The summed E-state index contributed by atoms with van der Waals surface area (Å²) < 4.78 is 24.6. The average Bonchev–Trinajstić information content (AvgIpc) is 2.78. The van der Waals surface area contributed by atoms with Gasteiger partial charge in [-0.3, -0.25) is 0 Å². The number of aliphatic hydroxyl groups excluding tert-OH is 2. The van der Waals surface area contributed by atoms with Gasteiger partial charge < -0.3 is 28.8 Å². The first-order valence-electron chi connectivity index (χ1n) is 11.5. The lowest BCUT2D eigenvalue weighted by Crippen LogP contribution is -2.61. The first-order chi connectivity index (χ1) is 15.6. The fourth-order valence-electron chi connectivity index (χ4n) is 3.48. The Kier molecular flexibility index (Phi) is 8.86. The Morgan fingerprint density at radius 3 is 1.79 bits per heavy atom. The summed E-state index contributed by atoms with van der Waals surface area (Å²) in [6, 6.07) is 19.6. The zero-order valence-corrected chi connectivity index (χ0v) is 21.3. The summed E-state index contributed by atoms with van der Waals surface area (Å²) in [5.74, 6) is 0. The van der Waals surface area contributed by atoms with Gasteiger partial charge in [-0.1, -0.05) is 81.4 Å². The molecule has 1 heterocycles. The number of hydrogen-bond donors (Lipinski definition) is 2. The van der Waals surface area contributed by atoms with E-state index in [1.54, 1.807) is 0 Å². The fourth-order valence-corrected chi connectivity index (χ4v) is 4.49. The van der Waals surface area contributed by atoms with Gasteiger partial charge in [0.25, 0.3) is 0 Å². The molecule has 2 aromatic rings. The summed E-state index contributed by atoms with van der Waals surface area (Å²) in [4.78, 5) is 0. The molecule has 0 bridgehead atoms. The standard InChI is InChI=1S/C26H38O6Si/c1-26(2,3)33(4,5)31-18-21-23(29-16-19-12-8-6-9-13-19)24(22(27)25(28)32-21)30-17-20-14-10-7-11-15-20/h6-15,21-25,27-28H,16-18H2,1-5H3/t21-,22-,23+,24-,25?/m1/s1. The van der Waals surface area contributed by atoms with Crippen molar-refractivity contribution in [2.24, 2.45) is 0 Å². The van der Waals surface area contributed by atoms with Gasteiger partial charge in [-0.25, -0.2) is 0 Å². The van der Waals surface area contributed by atoms with Gasteiger partial charge in [0.2, 0.25) is 0 Å². The van der Waals surface area contributed by atoms with Crippen LogP contribution in [0.3, 0.4) is 0 Å². The number of rotatable bonds is 9. The molecule has 0 amide bonds. The van der Waals surface area contributed by atoms with Crippen LogP contribution in [0, 0.1) is 0 Å². The highest BCUT2D eigenvalue weighted by Gasteiger charge is 2.47. The fraction of sp³-hybridized carbons (Fsp3) is 0.538. The van der Waals surface area contributed by atoms with Crippen LogP contribution in [0.25, 0.3) is 0 Å². The van der Waals surface area contributed by atoms with E-state index in [9.17, 15) is 10.2 Å². The Hall–Kier alpha value is -1.58. The van der Waals surface area contributed by atoms with Crippen molar-refractivity contribution in [3.63, 3.8) is 0 Å². The summed E-state index contributed by atoms with van der Waals surface area (Å²) in [5.41, 5.74) is 1.98. The third-order valence-electron chi connectivity index (χ3n) is 6.62. The monoisotopic (exact) mass is 474 g/mol. The van der Waals surface area contributed by atoms with E-state index < -0.39 is 39.0 Å². The van der Waals surface area contributed by atoms with E-state index in [0.717, 1.165) is 11.1 Å². The number of benzene rings is 2. The highest BCUT2D eigenvalue weighted by Crippen LogP contribution is 2.37. The van der Waals surface area contributed by atoms with Gasteiger partial charge >= 0.3 is 0 Å². The van der Waals surface area contributed by atoms with Crippen LogP contribution in [0.15, 0.2) is 60.7 Å². The van der Waals surface area contributed by atoms with Gasteiger partial charge in [-0.2, -0.15) is 0 Å². The van der Waals surface area contributed by atoms with Gasteiger partial charge in [0.1, 0.15) is 24.4 Å². The van der Waals surface area contributed by atoms with E-state index in [-0.39, 0.29) is 18.3 Å². The van der Waals surface area contributed by atoms with Crippen molar-refractivity contribution in [2.45, 2.75) is 82.8 Å². The van der Waals surface area contributed by atoms with Crippen molar-refractivity contribution in [1.29, 1.82) is 0 Å². The molecule has 33 heavy (non-hydrogen) atoms. The van der Waals surface area contributed by atoms with Gasteiger partial charge in [0, 0.05) is 0 Å². The molecule has 1 unspecified atom stereocenters. The Balaban J connectivity index is 1.78. The second-order valence-electron chi connectivity index (χ2n) is 10.1. The van der Waals surface area contributed by atoms with Crippen LogP contribution >= 0.6 is 0 Å². The van der Waals surface area contributed by atoms with Crippen molar-refractivity contribution in [2.75, 3.05) is 6.61 Å². The smallest absolute Gasteiger partial charge is 0.192 e. The predicted molar refractivity (Wildman–Crippen MR) is 130 cm³/mol. The van der Waals surface area contributed by atoms with E-state index in [2.05, 4.69) is 33.9 Å². The molecule has 182 valence electrons. The zero-order chi connectivity index (χ0) is 24.1. The minimum Gasteiger partial charge on any atom is -0.414 e. The second kappa shape index (κ2) is 11.2. The lowest BCUT2D eigenvalue weighted by Gasteiger charge is -2.44. The molecular formula is C26H38O6Si. The molecule has 7 heteroatoms. The molecule has 0 radical (unpaired) electrons. The number of hydrogen-bond acceptors (Lipinski definition) is 6. The normalized spacial score (nSPS) is 26.3. The number of aliphatic hydroxyl groups is 2. The van der Waals surface area contributed by atoms with Crippen molar-refractivity contribution in [3.05, 3.63) is 71.8 Å². The Morgan fingerprint density at radius 1 is 0.818 bits per heavy atom. The maximum Gasteiger partial charge on any atom is 0.192 e.